The second-order valence-corrected chi connectivity index (χ2v) is 9.26. The molecule has 0 spiro atoms. The van der Waals surface area contributed by atoms with E-state index in [4.69, 9.17) is 9.51 Å². The molecule has 2 aromatic rings. The summed E-state index contributed by atoms with van der Waals surface area (Å²) in [5.74, 6) is 3.01. The molecule has 150 valence electrons. The van der Waals surface area contributed by atoms with Crippen molar-refractivity contribution in [2.24, 2.45) is 11.8 Å². The van der Waals surface area contributed by atoms with Crippen LogP contribution in [0.4, 0.5) is 15.9 Å². The van der Waals surface area contributed by atoms with E-state index in [2.05, 4.69) is 25.7 Å². The van der Waals surface area contributed by atoms with Gasteiger partial charge in [-0.3, -0.25) is 5.32 Å². The molecule has 2 saturated carbocycles. The molecule has 3 aliphatic rings. The van der Waals surface area contributed by atoms with Gasteiger partial charge in [0.2, 0.25) is 0 Å². The van der Waals surface area contributed by atoms with Crippen LogP contribution >= 0.6 is 11.3 Å². The van der Waals surface area contributed by atoms with Gasteiger partial charge >= 0.3 is 12.0 Å². The smallest absolute Gasteiger partial charge is 0.324 e. The maximum atomic E-state index is 11.5. The van der Waals surface area contributed by atoms with Crippen LogP contribution in [0.1, 0.15) is 60.8 Å². The van der Waals surface area contributed by atoms with Gasteiger partial charge in [0.15, 0.2) is 11.0 Å². The van der Waals surface area contributed by atoms with Crippen LogP contribution in [0.2, 0.25) is 0 Å². The van der Waals surface area contributed by atoms with E-state index >= 15 is 0 Å². The van der Waals surface area contributed by atoms with Crippen molar-refractivity contribution in [1.82, 2.24) is 20.4 Å². The van der Waals surface area contributed by atoms with Gasteiger partial charge in [-0.1, -0.05) is 29.3 Å². The van der Waals surface area contributed by atoms with Crippen LogP contribution in [0.3, 0.4) is 0 Å². The predicted octanol–water partition coefficient (Wildman–Crippen LogP) is 3.52. The summed E-state index contributed by atoms with van der Waals surface area (Å²) in [6.07, 6.45) is 8.71. The largest absolute Gasteiger partial charge is 0.341 e. The Labute approximate surface area is 168 Å². The molecule has 2 aromatic heterocycles. The van der Waals surface area contributed by atoms with Gasteiger partial charge in [-0.2, -0.15) is 4.98 Å². The first-order valence-electron chi connectivity index (χ1n) is 10.3. The van der Waals surface area contributed by atoms with Gasteiger partial charge in [-0.05, 0) is 37.5 Å². The predicted molar refractivity (Wildman–Crippen MR) is 107 cm³/mol. The molecule has 8 nitrogen and oxygen atoms in total. The van der Waals surface area contributed by atoms with E-state index in [0.29, 0.717) is 23.6 Å². The van der Waals surface area contributed by atoms with Gasteiger partial charge < -0.3 is 14.7 Å². The molecule has 2 fully saturated rings. The lowest BCUT2D eigenvalue weighted by molar-refractivity contribution is 0.157. The normalized spacial score (nSPS) is 26.6. The summed E-state index contributed by atoms with van der Waals surface area (Å²) in [5, 5.41) is 10.3. The lowest BCUT2D eigenvalue weighted by Crippen LogP contribution is -2.30. The molecular formula is C19H26N6O2S. The second-order valence-electron chi connectivity index (χ2n) is 8.18. The number of thiazole rings is 1. The maximum Gasteiger partial charge on any atom is 0.324 e. The van der Waals surface area contributed by atoms with E-state index in [0.717, 1.165) is 41.2 Å². The SMILES string of the molecule is CNC(=O)Nc1nc2c(s1)CN(c1nc(C3CCC4CCCC3C4)no1)CC2. The average molecular weight is 403 g/mol. The number of hydrogen-bond donors (Lipinski definition) is 2. The van der Waals surface area contributed by atoms with E-state index in [1.165, 1.54) is 49.9 Å². The van der Waals surface area contributed by atoms with E-state index in [-0.39, 0.29) is 6.03 Å². The summed E-state index contributed by atoms with van der Waals surface area (Å²) in [7, 11) is 1.59. The highest BCUT2D eigenvalue weighted by Crippen LogP contribution is 2.47. The van der Waals surface area contributed by atoms with Crippen LogP contribution < -0.4 is 15.5 Å². The number of fused-ring (bicyclic) bond motifs is 3. The Morgan fingerprint density at radius 3 is 3.07 bits per heavy atom. The van der Waals surface area contributed by atoms with Crippen molar-refractivity contribution in [3.63, 3.8) is 0 Å². The molecule has 1 aliphatic heterocycles. The number of nitrogens with one attached hydrogen (secondary N) is 2. The summed E-state index contributed by atoms with van der Waals surface area (Å²) >= 11 is 1.51. The van der Waals surface area contributed by atoms with Gasteiger partial charge in [0.1, 0.15) is 0 Å². The standard InChI is InChI=1S/C19H26N6O2S/c1-20-17(26)23-18-21-14-7-8-25(10-15(14)28-18)19-22-16(24-27-19)13-6-5-11-3-2-4-12(13)9-11/h11-13H,2-10H2,1H3,(H2,20,21,23,26). The van der Waals surface area contributed by atoms with Crippen LogP contribution in [0.15, 0.2) is 4.52 Å². The Balaban J connectivity index is 1.28. The number of rotatable bonds is 3. The fraction of sp³-hybridized carbons (Fsp3) is 0.684. The zero-order valence-electron chi connectivity index (χ0n) is 16.1. The molecule has 28 heavy (non-hydrogen) atoms. The van der Waals surface area contributed by atoms with Crippen molar-refractivity contribution in [1.29, 1.82) is 0 Å². The van der Waals surface area contributed by atoms with Crippen molar-refractivity contribution in [3.05, 3.63) is 16.4 Å². The van der Waals surface area contributed by atoms with Crippen LogP contribution in [-0.4, -0.2) is 34.7 Å². The summed E-state index contributed by atoms with van der Waals surface area (Å²) in [4.78, 5) is 24.1. The van der Waals surface area contributed by atoms with Crippen molar-refractivity contribution in [2.45, 2.75) is 57.4 Å². The Morgan fingerprint density at radius 2 is 2.18 bits per heavy atom. The number of carbonyl (C=O) groups excluding carboxylic acids is 1. The fourth-order valence-corrected chi connectivity index (χ4v) is 6.05. The quantitative estimate of drug-likeness (QED) is 0.815. The Bertz CT molecular complexity index is 864. The van der Waals surface area contributed by atoms with Crippen LogP contribution in [-0.2, 0) is 13.0 Å². The number of anilines is 2. The molecule has 5 rings (SSSR count). The van der Waals surface area contributed by atoms with Crippen molar-refractivity contribution in [3.8, 4) is 0 Å². The van der Waals surface area contributed by atoms with Gasteiger partial charge in [0, 0.05) is 30.8 Å². The Morgan fingerprint density at radius 1 is 1.25 bits per heavy atom. The first-order chi connectivity index (χ1) is 13.7. The molecule has 9 heteroatoms. The number of aromatic nitrogens is 3. The van der Waals surface area contributed by atoms with Crippen molar-refractivity contribution < 1.29 is 9.32 Å². The zero-order chi connectivity index (χ0) is 19.1. The first-order valence-corrected chi connectivity index (χ1v) is 11.1. The minimum atomic E-state index is -0.248. The van der Waals surface area contributed by atoms with Crippen molar-refractivity contribution in [2.75, 3.05) is 23.8 Å². The summed E-state index contributed by atoms with van der Waals surface area (Å²) in [5.41, 5.74) is 1.05. The number of urea groups is 1. The van der Waals surface area contributed by atoms with Gasteiger partial charge in [0.05, 0.1) is 12.2 Å². The molecule has 2 amide bonds. The average Bonchev–Trinajstić information content (AvgIpc) is 3.34. The number of carbonyl (C=O) groups is 1. The van der Waals surface area contributed by atoms with Gasteiger partial charge in [-0.15, -0.1) is 0 Å². The molecular weight excluding hydrogens is 376 g/mol. The second kappa shape index (κ2) is 7.35. The number of nitrogens with zero attached hydrogens (tertiary/aromatic N) is 4. The van der Waals surface area contributed by atoms with E-state index in [1.54, 1.807) is 7.05 Å². The highest BCUT2D eigenvalue weighted by molar-refractivity contribution is 7.15. The van der Waals surface area contributed by atoms with E-state index in [9.17, 15) is 4.79 Å². The lowest BCUT2D eigenvalue weighted by atomic mass is 9.67. The molecule has 0 radical (unpaired) electrons. The lowest BCUT2D eigenvalue weighted by Gasteiger charge is -2.38. The molecule has 3 heterocycles. The van der Waals surface area contributed by atoms with Crippen LogP contribution in [0, 0.1) is 11.8 Å². The summed E-state index contributed by atoms with van der Waals surface area (Å²) in [6.45, 7) is 1.49. The fourth-order valence-electron chi connectivity index (χ4n) is 5.03. The molecule has 0 aromatic carbocycles. The van der Waals surface area contributed by atoms with E-state index < -0.39 is 0 Å². The van der Waals surface area contributed by atoms with Gasteiger partial charge in [0.25, 0.3) is 0 Å². The molecule has 3 atom stereocenters. The third-order valence-corrected chi connectivity index (χ3v) is 7.49. The maximum absolute atomic E-state index is 11.5. The number of hydrogen-bond acceptors (Lipinski definition) is 7. The molecule has 2 aliphatic carbocycles. The third-order valence-electron chi connectivity index (χ3n) is 6.49. The van der Waals surface area contributed by atoms with Crippen molar-refractivity contribution >= 4 is 28.5 Å². The summed E-state index contributed by atoms with van der Waals surface area (Å²) in [6, 6.07) is 0.370. The monoisotopic (exact) mass is 402 g/mol. The van der Waals surface area contributed by atoms with Gasteiger partial charge in [-0.25, -0.2) is 9.78 Å². The minimum absolute atomic E-state index is 0.248. The first kappa shape index (κ1) is 17.9. The Kier molecular flexibility index (Phi) is 4.70. The molecule has 0 saturated heterocycles. The highest BCUT2D eigenvalue weighted by atomic mass is 32.1. The van der Waals surface area contributed by atoms with E-state index in [1.807, 2.05) is 0 Å². The third kappa shape index (κ3) is 3.36. The topological polar surface area (TPSA) is 96.2 Å². The molecule has 2 N–H and O–H groups in total. The highest BCUT2D eigenvalue weighted by Gasteiger charge is 2.37. The van der Waals surface area contributed by atoms with Crippen LogP contribution in [0.5, 0.6) is 0 Å². The number of amides is 2. The minimum Gasteiger partial charge on any atom is -0.341 e. The summed E-state index contributed by atoms with van der Waals surface area (Å²) < 4.78 is 5.67. The zero-order valence-corrected chi connectivity index (χ0v) is 16.9. The van der Waals surface area contributed by atoms with Crippen LogP contribution in [0.25, 0.3) is 0 Å². The molecule has 2 bridgehead atoms. The Hall–Kier alpha value is -2.16. The molecule has 3 unspecified atom stereocenters.